The van der Waals surface area contributed by atoms with Crippen LogP contribution in [0.25, 0.3) is 12.2 Å². The molecule has 21 nitrogen and oxygen atoms in total. The van der Waals surface area contributed by atoms with Gasteiger partial charge in [-0.15, -0.1) is 0 Å². The highest BCUT2D eigenvalue weighted by atomic mass is 32.2. The summed E-state index contributed by atoms with van der Waals surface area (Å²) in [5.41, 5.74) is 3.72. The molecule has 48 heavy (non-hydrogen) atoms. The third-order valence-electron chi connectivity index (χ3n) is 6.51. The third-order valence-corrected chi connectivity index (χ3v) is 8.25. The van der Waals surface area contributed by atoms with Crippen LogP contribution in [0.15, 0.2) is 69.1 Å². The van der Waals surface area contributed by atoms with Gasteiger partial charge in [-0.25, -0.2) is 25.8 Å². The summed E-state index contributed by atoms with van der Waals surface area (Å²) in [5.74, 6) is -1.72. The van der Waals surface area contributed by atoms with Gasteiger partial charge in [0, 0.05) is 22.5 Å². The number of amides is 2. The maximum Gasteiger partial charge on any atom is 0.323 e. The molecule has 0 aliphatic heterocycles. The number of benzene rings is 2. The summed E-state index contributed by atoms with van der Waals surface area (Å²) in [6.07, 6.45) is 4.27. The number of aromatic amines is 2. The lowest BCUT2D eigenvalue weighted by Crippen LogP contribution is -2.27. The fourth-order valence-electron chi connectivity index (χ4n) is 4.47. The first-order chi connectivity index (χ1) is 22.8. The summed E-state index contributed by atoms with van der Waals surface area (Å²) in [7, 11) is -9.87. The van der Waals surface area contributed by atoms with Crippen LogP contribution in [0.2, 0.25) is 0 Å². The van der Waals surface area contributed by atoms with E-state index in [2.05, 4.69) is 62.1 Å². The van der Waals surface area contributed by atoms with Crippen molar-refractivity contribution in [2.45, 2.75) is 0 Å². The van der Waals surface area contributed by atoms with E-state index in [9.17, 15) is 40.3 Å². The summed E-state index contributed by atoms with van der Waals surface area (Å²) in [6, 6.07) is 7.04. The van der Waals surface area contributed by atoms with Gasteiger partial charge < -0.3 is 10.6 Å². The van der Waals surface area contributed by atoms with Crippen LogP contribution in [0.1, 0.15) is 31.8 Å². The van der Waals surface area contributed by atoms with Crippen LogP contribution in [-0.4, -0.2) is 85.3 Å². The zero-order valence-corrected chi connectivity index (χ0v) is 25.2. The molecular formula is C25H18N12O9S2. The van der Waals surface area contributed by atoms with Gasteiger partial charge in [0.15, 0.2) is 11.4 Å². The molecule has 2 aliphatic rings. The second kappa shape index (κ2) is 12.1. The van der Waals surface area contributed by atoms with Gasteiger partial charge >= 0.3 is 6.03 Å². The largest absolute Gasteiger partial charge is 0.323 e. The monoisotopic (exact) mass is 694 g/mol. The lowest BCUT2D eigenvalue weighted by molar-refractivity contribution is 0.105. The molecule has 244 valence electrons. The fourth-order valence-corrected chi connectivity index (χ4v) is 5.78. The number of Topliss-reactive ketones (excluding diaryl/α,β-unsaturated/α-hetero) is 2. The number of ketones is 2. The van der Waals surface area contributed by atoms with Gasteiger partial charge in [0.25, 0.3) is 20.2 Å². The Kier molecular flexibility index (Phi) is 7.93. The molecule has 0 bridgehead atoms. The maximum atomic E-state index is 13.1. The molecule has 0 fully saturated rings. The number of nitrogens with one attached hydrogen (secondary N) is 6. The van der Waals surface area contributed by atoms with Gasteiger partial charge in [0.2, 0.25) is 23.5 Å². The van der Waals surface area contributed by atoms with E-state index in [1.165, 1.54) is 36.4 Å². The number of carbonyl (C=O) groups is 3. The van der Waals surface area contributed by atoms with Crippen molar-refractivity contribution in [2.75, 3.05) is 21.5 Å². The van der Waals surface area contributed by atoms with E-state index >= 15 is 0 Å². The predicted molar refractivity (Wildman–Crippen MR) is 168 cm³/mol. The molecule has 0 spiro atoms. The number of allylic oxidation sites excluding steroid dienone is 2. The number of aromatic nitrogens is 6. The van der Waals surface area contributed by atoms with Gasteiger partial charge in [-0.2, -0.15) is 47.2 Å². The van der Waals surface area contributed by atoms with Crippen molar-refractivity contribution >= 4 is 84.7 Å². The van der Waals surface area contributed by atoms with Crippen molar-refractivity contribution < 1.29 is 40.3 Å². The van der Waals surface area contributed by atoms with Gasteiger partial charge in [-0.1, -0.05) is 0 Å². The van der Waals surface area contributed by atoms with Crippen LogP contribution in [0, 0.1) is 0 Å². The zero-order chi connectivity index (χ0) is 34.2. The van der Waals surface area contributed by atoms with E-state index in [1.54, 1.807) is 0 Å². The number of anilines is 4. The number of hydrogen-bond acceptors (Lipinski definition) is 15. The zero-order valence-electron chi connectivity index (χ0n) is 23.5. The third kappa shape index (κ3) is 6.44. The highest BCUT2D eigenvalue weighted by Crippen LogP contribution is 2.30. The number of carbonyl (C=O) groups excluding carboxylic acids is 3. The maximum absolute atomic E-state index is 13.1. The minimum atomic E-state index is -4.94. The van der Waals surface area contributed by atoms with Crippen molar-refractivity contribution in [1.29, 1.82) is 0 Å². The van der Waals surface area contributed by atoms with Gasteiger partial charge in [-0.05, 0) is 59.7 Å². The van der Waals surface area contributed by atoms with Gasteiger partial charge in [-0.3, -0.25) is 18.7 Å². The van der Waals surface area contributed by atoms with Crippen LogP contribution in [0.5, 0.6) is 0 Å². The number of hydrazone groups is 2. The molecule has 2 amide bonds. The minimum absolute atomic E-state index is 0.00303. The second-order valence-corrected chi connectivity index (χ2v) is 12.4. The van der Waals surface area contributed by atoms with E-state index < -0.39 is 59.1 Å². The Morgan fingerprint density at radius 2 is 1.10 bits per heavy atom. The summed E-state index contributed by atoms with van der Waals surface area (Å²) in [6.45, 7) is 0. The Balaban J connectivity index is 1.22. The molecule has 4 aromatic rings. The molecule has 23 heteroatoms. The van der Waals surface area contributed by atoms with Crippen LogP contribution < -0.4 is 21.5 Å². The molecule has 0 atom stereocenters. The second-order valence-electron chi connectivity index (χ2n) is 9.62. The Bertz CT molecular complexity index is 2180. The van der Waals surface area contributed by atoms with Crippen LogP contribution in [-0.2, 0) is 20.2 Å². The average molecular weight is 695 g/mol. The summed E-state index contributed by atoms with van der Waals surface area (Å²) in [5, 5.41) is 24.5. The SMILES string of the molecule is O=C(Nc1ccc2c(c1)C=C(S(=O)(=O)O)/C(=N/Nc1ncn[nH]1)C2=O)Nc1ccc2c(c1)C=C(S(=O)(=O)O)/C(=N/Nc1ncn[nH]1)C2=O. The fraction of sp³-hybridized carbons (Fsp3) is 0. The number of H-pyrrole nitrogens is 2. The number of nitrogens with zero attached hydrogens (tertiary/aromatic N) is 6. The summed E-state index contributed by atoms with van der Waals surface area (Å²) < 4.78 is 67.9. The van der Waals surface area contributed by atoms with E-state index in [0.717, 1.165) is 24.8 Å². The van der Waals surface area contributed by atoms with Gasteiger partial charge in [0.05, 0.1) is 0 Å². The van der Waals surface area contributed by atoms with E-state index in [1.807, 2.05) is 0 Å². The molecule has 8 N–H and O–H groups in total. The van der Waals surface area contributed by atoms with Crippen LogP contribution in [0.4, 0.5) is 28.1 Å². The Morgan fingerprint density at radius 3 is 1.46 bits per heavy atom. The Labute approximate surface area is 267 Å². The molecule has 2 aromatic carbocycles. The molecule has 2 aromatic heterocycles. The topological polar surface area (TPSA) is 316 Å². The Hall–Kier alpha value is -6.43. The summed E-state index contributed by atoms with van der Waals surface area (Å²) in [4.78, 5) is 44.9. The number of urea groups is 1. The highest BCUT2D eigenvalue weighted by molar-refractivity contribution is 7.91. The van der Waals surface area contributed by atoms with E-state index in [4.69, 9.17) is 0 Å². The first-order valence-corrected chi connectivity index (χ1v) is 15.9. The molecule has 2 heterocycles. The summed E-state index contributed by atoms with van der Waals surface area (Å²) >= 11 is 0. The predicted octanol–water partition coefficient (Wildman–Crippen LogP) is 1.35. The van der Waals surface area contributed by atoms with Crippen molar-refractivity contribution in [3.8, 4) is 0 Å². The lowest BCUT2D eigenvalue weighted by Gasteiger charge is -2.18. The molecule has 0 unspecified atom stereocenters. The quantitative estimate of drug-likeness (QED) is 0.0953. The highest BCUT2D eigenvalue weighted by Gasteiger charge is 2.34. The molecule has 0 saturated carbocycles. The minimum Gasteiger partial charge on any atom is -0.308 e. The van der Waals surface area contributed by atoms with Crippen molar-refractivity contribution in [2.24, 2.45) is 10.2 Å². The van der Waals surface area contributed by atoms with E-state index in [0.29, 0.717) is 0 Å². The normalized spacial score (nSPS) is 16.1. The number of hydrogen-bond donors (Lipinski definition) is 8. The van der Waals surface area contributed by atoms with E-state index in [-0.39, 0.29) is 45.5 Å². The van der Waals surface area contributed by atoms with Crippen LogP contribution >= 0.6 is 0 Å². The Morgan fingerprint density at radius 1 is 0.688 bits per heavy atom. The molecule has 0 radical (unpaired) electrons. The lowest BCUT2D eigenvalue weighted by atomic mass is 9.94. The number of fused-ring (bicyclic) bond motifs is 2. The standard InChI is InChI=1S/C25H18N12O9S2/c38-21-15-3-1-13(5-11(15)7-17(47(41,42)43)19(21)32-36-23-26-9-28-34-23)30-25(40)31-14-2-4-16-12(6-14)8-18(48(44,45)46)20(22(16)39)33-37-24-27-10-29-35-24/h1-10H,(H2,30,31,40)(H,41,42,43)(H,44,45,46)(H2,26,28,34,36)(H2,27,29,35,37)/b32-19-,33-20-. The van der Waals surface area contributed by atoms with Crippen molar-refractivity contribution in [1.82, 2.24) is 30.4 Å². The van der Waals surface area contributed by atoms with Crippen LogP contribution in [0.3, 0.4) is 0 Å². The van der Waals surface area contributed by atoms with Gasteiger partial charge in [0.1, 0.15) is 22.5 Å². The van der Waals surface area contributed by atoms with Crippen molar-refractivity contribution in [3.63, 3.8) is 0 Å². The van der Waals surface area contributed by atoms with Crippen molar-refractivity contribution in [3.05, 3.63) is 81.1 Å². The molecule has 2 aliphatic carbocycles. The average Bonchev–Trinajstić information content (AvgIpc) is 3.74. The first-order valence-electron chi connectivity index (χ1n) is 13.0. The first kappa shape index (κ1) is 31.5. The number of rotatable bonds is 8. The molecular weight excluding hydrogens is 676 g/mol. The molecule has 6 rings (SSSR count). The molecule has 0 saturated heterocycles. The smallest absolute Gasteiger partial charge is 0.308 e.